The lowest BCUT2D eigenvalue weighted by molar-refractivity contribution is 0.384. The maximum absolute atomic E-state index is 12.9. The molecule has 0 amide bonds. The second kappa shape index (κ2) is 5.98. The van der Waals surface area contributed by atoms with Crippen molar-refractivity contribution in [3.63, 3.8) is 0 Å². The molecule has 1 N–H and O–H groups in total. The Morgan fingerprint density at radius 2 is 1.53 bits per heavy atom. The molecule has 0 aliphatic rings. The van der Waals surface area contributed by atoms with Crippen LogP contribution in [-0.4, -0.2) is 5.54 Å². The Bertz CT molecular complexity index is 503. The van der Waals surface area contributed by atoms with Gasteiger partial charge in [0.15, 0.2) is 0 Å². The smallest absolute Gasteiger partial charge is 0.123 e. The molecule has 0 saturated heterocycles. The lowest BCUT2D eigenvalue weighted by atomic mass is 9.94. The number of hydrogen-bond acceptors (Lipinski definition) is 1. The summed E-state index contributed by atoms with van der Waals surface area (Å²) in [6, 6.07) is 17.1. The summed E-state index contributed by atoms with van der Waals surface area (Å²) in [5.41, 5.74) is 2.40. The van der Waals surface area contributed by atoms with Gasteiger partial charge in [-0.2, -0.15) is 0 Å². The van der Waals surface area contributed by atoms with Crippen molar-refractivity contribution in [1.29, 1.82) is 0 Å². The SMILES string of the molecule is CC(C)(Cc1ccc(F)cc1)NCc1ccccc1. The molecule has 19 heavy (non-hydrogen) atoms. The Hall–Kier alpha value is -1.67. The van der Waals surface area contributed by atoms with Gasteiger partial charge in [0.2, 0.25) is 0 Å². The highest BCUT2D eigenvalue weighted by molar-refractivity contribution is 5.19. The molecule has 100 valence electrons. The second-order valence-electron chi connectivity index (χ2n) is 5.53. The fourth-order valence-electron chi connectivity index (χ4n) is 2.11. The summed E-state index contributed by atoms with van der Waals surface area (Å²) in [5, 5.41) is 3.54. The highest BCUT2D eigenvalue weighted by Crippen LogP contribution is 2.14. The van der Waals surface area contributed by atoms with Crippen LogP contribution in [0.15, 0.2) is 54.6 Å². The van der Waals surface area contributed by atoms with Crippen LogP contribution >= 0.6 is 0 Å². The summed E-state index contributed by atoms with van der Waals surface area (Å²) >= 11 is 0. The van der Waals surface area contributed by atoms with Crippen LogP contribution in [0.4, 0.5) is 4.39 Å². The molecule has 2 rings (SSSR count). The zero-order valence-electron chi connectivity index (χ0n) is 11.5. The molecule has 0 aliphatic heterocycles. The van der Waals surface area contributed by atoms with Crippen LogP contribution in [0.1, 0.15) is 25.0 Å². The molecule has 0 aromatic heterocycles. The van der Waals surface area contributed by atoms with Gasteiger partial charge in [0.05, 0.1) is 0 Å². The summed E-state index contributed by atoms with van der Waals surface area (Å²) in [5.74, 6) is -0.182. The fraction of sp³-hybridized carbons (Fsp3) is 0.294. The first kappa shape index (κ1) is 13.8. The molecule has 0 radical (unpaired) electrons. The first-order valence-corrected chi connectivity index (χ1v) is 6.59. The summed E-state index contributed by atoms with van der Waals surface area (Å²) in [7, 11) is 0. The molecule has 1 nitrogen and oxygen atoms in total. The zero-order valence-corrected chi connectivity index (χ0v) is 11.5. The first-order chi connectivity index (χ1) is 9.05. The predicted octanol–water partition coefficient (Wildman–Crippen LogP) is 3.94. The highest BCUT2D eigenvalue weighted by Gasteiger charge is 2.17. The minimum Gasteiger partial charge on any atom is -0.307 e. The van der Waals surface area contributed by atoms with Gasteiger partial charge >= 0.3 is 0 Å². The standard InChI is InChI=1S/C17H20FN/c1-17(2,12-14-8-10-16(18)11-9-14)19-13-15-6-4-3-5-7-15/h3-11,19H,12-13H2,1-2H3. The third-order valence-electron chi connectivity index (χ3n) is 3.17. The molecule has 0 aliphatic carbocycles. The zero-order chi connectivity index (χ0) is 13.7. The summed E-state index contributed by atoms with van der Waals surface area (Å²) in [6.45, 7) is 5.17. The molecule has 0 atom stereocenters. The van der Waals surface area contributed by atoms with E-state index in [9.17, 15) is 4.39 Å². The van der Waals surface area contributed by atoms with Gasteiger partial charge in [-0.1, -0.05) is 42.5 Å². The van der Waals surface area contributed by atoms with Gasteiger partial charge in [-0.3, -0.25) is 0 Å². The van der Waals surface area contributed by atoms with Crippen molar-refractivity contribution in [3.05, 3.63) is 71.5 Å². The third-order valence-corrected chi connectivity index (χ3v) is 3.17. The summed E-state index contributed by atoms with van der Waals surface area (Å²) < 4.78 is 12.9. The molecule has 0 unspecified atom stereocenters. The lowest BCUT2D eigenvalue weighted by Crippen LogP contribution is -2.40. The van der Waals surface area contributed by atoms with Crippen molar-refractivity contribution in [2.75, 3.05) is 0 Å². The van der Waals surface area contributed by atoms with Crippen LogP contribution < -0.4 is 5.32 Å². The van der Waals surface area contributed by atoms with Crippen molar-refractivity contribution in [3.8, 4) is 0 Å². The van der Waals surface area contributed by atoms with E-state index in [0.29, 0.717) is 0 Å². The van der Waals surface area contributed by atoms with Gasteiger partial charge in [0, 0.05) is 12.1 Å². The van der Waals surface area contributed by atoms with Crippen LogP contribution in [0.5, 0.6) is 0 Å². The second-order valence-corrected chi connectivity index (χ2v) is 5.53. The number of halogens is 1. The molecular weight excluding hydrogens is 237 g/mol. The summed E-state index contributed by atoms with van der Waals surface area (Å²) in [4.78, 5) is 0. The van der Waals surface area contributed by atoms with Crippen molar-refractivity contribution in [2.45, 2.75) is 32.4 Å². The predicted molar refractivity (Wildman–Crippen MR) is 77.5 cm³/mol. The minimum absolute atomic E-state index is 0.0202. The van der Waals surface area contributed by atoms with E-state index in [-0.39, 0.29) is 11.4 Å². The van der Waals surface area contributed by atoms with Crippen molar-refractivity contribution < 1.29 is 4.39 Å². The average Bonchev–Trinajstić information content (AvgIpc) is 2.40. The Morgan fingerprint density at radius 3 is 2.16 bits per heavy atom. The number of rotatable bonds is 5. The molecular formula is C17H20FN. The van der Waals surface area contributed by atoms with Crippen LogP contribution in [0, 0.1) is 5.82 Å². The van der Waals surface area contributed by atoms with Gasteiger partial charge < -0.3 is 5.32 Å². The van der Waals surface area contributed by atoms with Gasteiger partial charge in [-0.05, 0) is 43.5 Å². The normalized spacial score (nSPS) is 11.5. The van der Waals surface area contributed by atoms with E-state index in [1.165, 1.54) is 17.7 Å². The highest BCUT2D eigenvalue weighted by atomic mass is 19.1. The number of hydrogen-bond donors (Lipinski definition) is 1. The number of benzene rings is 2. The van der Waals surface area contributed by atoms with E-state index in [1.807, 2.05) is 30.3 Å². The Labute approximate surface area is 114 Å². The van der Waals surface area contributed by atoms with Crippen LogP contribution in [0.2, 0.25) is 0 Å². The average molecular weight is 257 g/mol. The largest absolute Gasteiger partial charge is 0.307 e. The van der Waals surface area contributed by atoms with Gasteiger partial charge in [0.1, 0.15) is 5.82 Å². The molecule has 0 heterocycles. The topological polar surface area (TPSA) is 12.0 Å². The maximum Gasteiger partial charge on any atom is 0.123 e. The Kier molecular flexibility index (Phi) is 4.33. The first-order valence-electron chi connectivity index (χ1n) is 6.59. The Morgan fingerprint density at radius 1 is 0.895 bits per heavy atom. The molecule has 0 bridgehead atoms. The van der Waals surface area contributed by atoms with Crippen LogP contribution in [0.25, 0.3) is 0 Å². The van der Waals surface area contributed by atoms with Crippen LogP contribution in [-0.2, 0) is 13.0 Å². The van der Waals surface area contributed by atoms with E-state index < -0.39 is 0 Å². The minimum atomic E-state index is -0.182. The molecule has 0 spiro atoms. The third kappa shape index (κ3) is 4.49. The van der Waals surface area contributed by atoms with Crippen molar-refractivity contribution in [1.82, 2.24) is 5.32 Å². The van der Waals surface area contributed by atoms with Gasteiger partial charge in [-0.15, -0.1) is 0 Å². The summed E-state index contributed by atoms with van der Waals surface area (Å²) in [6.07, 6.45) is 0.875. The fourth-order valence-corrected chi connectivity index (χ4v) is 2.11. The van der Waals surface area contributed by atoms with Crippen LogP contribution in [0.3, 0.4) is 0 Å². The van der Waals surface area contributed by atoms with E-state index in [1.54, 1.807) is 0 Å². The maximum atomic E-state index is 12.9. The van der Waals surface area contributed by atoms with Gasteiger partial charge in [-0.25, -0.2) is 4.39 Å². The van der Waals surface area contributed by atoms with E-state index in [0.717, 1.165) is 18.5 Å². The quantitative estimate of drug-likeness (QED) is 0.855. The number of nitrogens with one attached hydrogen (secondary N) is 1. The lowest BCUT2D eigenvalue weighted by Gasteiger charge is -2.26. The monoisotopic (exact) mass is 257 g/mol. The Balaban J connectivity index is 1.93. The molecule has 2 aromatic rings. The van der Waals surface area contributed by atoms with E-state index >= 15 is 0 Å². The van der Waals surface area contributed by atoms with E-state index in [2.05, 4.69) is 31.3 Å². The molecule has 2 aromatic carbocycles. The van der Waals surface area contributed by atoms with Crippen molar-refractivity contribution >= 4 is 0 Å². The molecule has 2 heteroatoms. The molecule has 0 saturated carbocycles. The van der Waals surface area contributed by atoms with Crippen molar-refractivity contribution in [2.24, 2.45) is 0 Å². The molecule has 0 fully saturated rings. The van der Waals surface area contributed by atoms with Gasteiger partial charge in [0.25, 0.3) is 0 Å². The van der Waals surface area contributed by atoms with E-state index in [4.69, 9.17) is 0 Å².